The van der Waals surface area contributed by atoms with Crippen molar-refractivity contribution < 1.29 is 33.5 Å². The first-order valence-corrected chi connectivity index (χ1v) is 14.3. The van der Waals surface area contributed by atoms with E-state index in [0.29, 0.717) is 6.42 Å². The maximum atomic E-state index is 11.6. The van der Waals surface area contributed by atoms with Gasteiger partial charge in [0.05, 0.1) is 6.61 Å². The smallest absolute Gasteiger partial charge is 0.463 e. The number of phosphoric acid groups is 1. The Balaban J connectivity index is 3.27. The van der Waals surface area contributed by atoms with Crippen LogP contribution < -0.4 is 0 Å². The molecule has 0 heterocycles. The fourth-order valence-electron chi connectivity index (χ4n) is 3.61. The Kier molecular flexibility index (Phi) is 20.8. The number of phosphoric ester groups is 1. The number of carbonyl (C=O) groups excluding carboxylic acids is 1. The average Bonchev–Trinajstić information content (AvgIpc) is 2.72. The Hall–Kier alpha value is -0.460. The summed E-state index contributed by atoms with van der Waals surface area (Å²) in [5.41, 5.74) is 0. The van der Waals surface area contributed by atoms with E-state index in [2.05, 4.69) is 18.4 Å². The maximum Gasteiger partial charge on any atom is 0.469 e. The van der Waals surface area contributed by atoms with Crippen LogP contribution in [-0.2, 0) is 18.6 Å². The summed E-state index contributed by atoms with van der Waals surface area (Å²) in [6.45, 7) is 3.71. The highest BCUT2D eigenvalue weighted by Crippen LogP contribution is 2.35. The lowest BCUT2D eigenvalue weighted by molar-refractivity contribution is -0.147. The second-order valence-corrected chi connectivity index (χ2v) is 10.6. The molecule has 0 fully saturated rings. The normalized spacial score (nSPS) is 12.9. The molecule has 32 heavy (non-hydrogen) atoms. The highest BCUT2D eigenvalue weighted by Gasteiger charge is 2.17. The van der Waals surface area contributed by atoms with Crippen LogP contribution in [0.4, 0.5) is 0 Å². The molecule has 0 aromatic heterocycles. The molecule has 7 nitrogen and oxygen atoms in total. The van der Waals surface area contributed by atoms with Crippen LogP contribution in [0.5, 0.6) is 0 Å². The number of aliphatic hydroxyl groups is 1. The van der Waals surface area contributed by atoms with Crippen molar-refractivity contribution in [2.45, 2.75) is 129 Å². The molecule has 0 aliphatic heterocycles. The van der Waals surface area contributed by atoms with Gasteiger partial charge in [-0.15, -0.1) is 0 Å². The second kappa shape index (κ2) is 21.1. The van der Waals surface area contributed by atoms with Gasteiger partial charge < -0.3 is 19.6 Å². The zero-order valence-corrected chi connectivity index (χ0v) is 21.4. The first kappa shape index (κ1) is 31.5. The van der Waals surface area contributed by atoms with Crippen molar-refractivity contribution in [2.75, 3.05) is 13.2 Å². The topological polar surface area (TPSA) is 113 Å². The molecule has 0 aromatic rings. The van der Waals surface area contributed by atoms with Gasteiger partial charge in [-0.1, -0.05) is 110 Å². The number of unbranched alkanes of at least 4 members (excludes halogenated alkanes) is 14. The third kappa shape index (κ3) is 25.8. The zero-order chi connectivity index (χ0) is 24.1. The van der Waals surface area contributed by atoms with Crippen molar-refractivity contribution >= 4 is 13.8 Å². The number of hydrogen-bond acceptors (Lipinski definition) is 5. The van der Waals surface area contributed by atoms with Crippen LogP contribution in [0, 0.1) is 5.92 Å². The minimum absolute atomic E-state index is 0.295. The van der Waals surface area contributed by atoms with Gasteiger partial charge in [0.25, 0.3) is 0 Å². The molecule has 0 rings (SSSR count). The molecule has 0 radical (unpaired) electrons. The average molecular weight is 481 g/mol. The van der Waals surface area contributed by atoms with Gasteiger partial charge in [-0.2, -0.15) is 0 Å². The summed E-state index contributed by atoms with van der Waals surface area (Å²) in [5.74, 6) is 0.440. The molecule has 0 spiro atoms. The molecule has 0 saturated heterocycles. The third-order valence-corrected chi connectivity index (χ3v) is 6.02. The Labute approximate surface area is 195 Å². The van der Waals surface area contributed by atoms with Gasteiger partial charge in [0, 0.05) is 6.42 Å². The summed E-state index contributed by atoms with van der Waals surface area (Å²) in [4.78, 5) is 28.7. The van der Waals surface area contributed by atoms with Gasteiger partial charge in [-0.05, 0) is 12.3 Å². The van der Waals surface area contributed by atoms with E-state index in [9.17, 15) is 14.5 Å². The SMILES string of the molecule is CC(C)CCCCCCCCCCCCCCCCCC(=O)OCC(O)COP(=O)(O)O. The van der Waals surface area contributed by atoms with E-state index in [1.54, 1.807) is 0 Å². The van der Waals surface area contributed by atoms with Gasteiger partial charge in [0.2, 0.25) is 0 Å². The van der Waals surface area contributed by atoms with Crippen LogP contribution in [0.2, 0.25) is 0 Å². The zero-order valence-electron chi connectivity index (χ0n) is 20.5. The molecule has 3 N–H and O–H groups in total. The first-order chi connectivity index (χ1) is 15.2. The van der Waals surface area contributed by atoms with Crippen LogP contribution in [0.15, 0.2) is 0 Å². The Morgan fingerprint density at radius 2 is 1.12 bits per heavy atom. The van der Waals surface area contributed by atoms with Crippen LogP contribution in [-0.4, -0.2) is 40.2 Å². The quantitative estimate of drug-likeness (QED) is 0.0895. The number of esters is 1. The van der Waals surface area contributed by atoms with E-state index in [0.717, 1.165) is 25.2 Å². The number of hydrogen-bond donors (Lipinski definition) is 3. The summed E-state index contributed by atoms with van der Waals surface area (Å²) in [5, 5.41) is 9.44. The second-order valence-electron chi connectivity index (χ2n) is 9.36. The first-order valence-electron chi connectivity index (χ1n) is 12.7. The number of carbonyl (C=O) groups is 1. The van der Waals surface area contributed by atoms with E-state index in [-0.39, 0.29) is 6.61 Å². The number of rotatable bonds is 23. The molecular formula is C24H49O7P. The van der Waals surface area contributed by atoms with Crippen LogP contribution >= 0.6 is 7.82 Å². The summed E-state index contributed by atoms with van der Waals surface area (Å²) in [6.07, 6.45) is 19.5. The molecule has 0 aliphatic rings. The molecule has 0 saturated carbocycles. The number of aliphatic hydroxyl groups excluding tert-OH is 1. The summed E-state index contributed by atoms with van der Waals surface area (Å²) in [7, 11) is -4.62. The highest BCUT2D eigenvalue weighted by molar-refractivity contribution is 7.46. The summed E-state index contributed by atoms with van der Waals surface area (Å²) >= 11 is 0. The molecule has 0 bridgehead atoms. The van der Waals surface area contributed by atoms with E-state index < -0.39 is 26.5 Å². The van der Waals surface area contributed by atoms with Crippen LogP contribution in [0.3, 0.4) is 0 Å². The largest absolute Gasteiger partial charge is 0.469 e. The minimum Gasteiger partial charge on any atom is -0.463 e. The number of ether oxygens (including phenoxy) is 1. The summed E-state index contributed by atoms with van der Waals surface area (Å²) < 4.78 is 19.5. The molecule has 192 valence electrons. The lowest BCUT2D eigenvalue weighted by atomic mass is 10.0. The lowest BCUT2D eigenvalue weighted by Gasteiger charge is -2.12. The molecule has 0 aromatic carbocycles. The summed E-state index contributed by atoms with van der Waals surface area (Å²) in [6, 6.07) is 0. The van der Waals surface area contributed by atoms with Gasteiger partial charge in [0.1, 0.15) is 12.7 Å². The van der Waals surface area contributed by atoms with E-state index in [1.165, 1.54) is 83.5 Å². The Morgan fingerprint density at radius 1 is 0.719 bits per heavy atom. The minimum atomic E-state index is -4.62. The Morgan fingerprint density at radius 3 is 1.53 bits per heavy atom. The van der Waals surface area contributed by atoms with Crippen molar-refractivity contribution in [2.24, 2.45) is 5.92 Å². The van der Waals surface area contributed by atoms with Gasteiger partial charge in [0.15, 0.2) is 0 Å². The van der Waals surface area contributed by atoms with Crippen molar-refractivity contribution in [3.63, 3.8) is 0 Å². The fraction of sp³-hybridized carbons (Fsp3) is 0.958. The predicted octanol–water partition coefficient (Wildman–Crippen LogP) is 6.29. The monoisotopic (exact) mass is 480 g/mol. The van der Waals surface area contributed by atoms with E-state index in [4.69, 9.17) is 14.5 Å². The van der Waals surface area contributed by atoms with Crippen molar-refractivity contribution in [3.8, 4) is 0 Å². The molecule has 8 heteroatoms. The van der Waals surface area contributed by atoms with Gasteiger partial charge in [-0.25, -0.2) is 4.57 Å². The van der Waals surface area contributed by atoms with Crippen LogP contribution in [0.25, 0.3) is 0 Å². The predicted molar refractivity (Wildman–Crippen MR) is 128 cm³/mol. The standard InChI is InChI=1S/C24H49O7P/c1-22(2)18-16-14-12-10-8-6-4-3-5-7-9-11-13-15-17-19-24(26)30-20-23(25)21-31-32(27,28)29/h22-23,25H,3-21H2,1-2H3,(H2,27,28,29). The Bertz CT molecular complexity index is 479. The highest BCUT2D eigenvalue weighted by atomic mass is 31.2. The van der Waals surface area contributed by atoms with Crippen molar-refractivity contribution in [1.29, 1.82) is 0 Å². The molecular weight excluding hydrogens is 431 g/mol. The van der Waals surface area contributed by atoms with E-state index >= 15 is 0 Å². The molecule has 1 unspecified atom stereocenters. The van der Waals surface area contributed by atoms with Gasteiger partial charge in [-0.3, -0.25) is 9.32 Å². The molecule has 0 aliphatic carbocycles. The molecule has 1 atom stereocenters. The van der Waals surface area contributed by atoms with E-state index in [1.807, 2.05) is 0 Å². The fourth-order valence-corrected chi connectivity index (χ4v) is 3.98. The third-order valence-electron chi connectivity index (χ3n) is 5.53. The molecule has 0 amide bonds. The van der Waals surface area contributed by atoms with Gasteiger partial charge >= 0.3 is 13.8 Å². The van der Waals surface area contributed by atoms with Crippen LogP contribution in [0.1, 0.15) is 123 Å². The van der Waals surface area contributed by atoms with Crippen molar-refractivity contribution in [1.82, 2.24) is 0 Å². The van der Waals surface area contributed by atoms with Crippen molar-refractivity contribution in [3.05, 3.63) is 0 Å². The maximum absolute atomic E-state index is 11.6. The lowest BCUT2D eigenvalue weighted by Crippen LogP contribution is -2.23.